The summed E-state index contributed by atoms with van der Waals surface area (Å²) in [6.45, 7) is 2.47. The summed E-state index contributed by atoms with van der Waals surface area (Å²) < 4.78 is 21.0. The van der Waals surface area contributed by atoms with Gasteiger partial charge < -0.3 is 24.8 Å². The van der Waals surface area contributed by atoms with Crippen molar-refractivity contribution in [1.82, 2.24) is 14.8 Å². The summed E-state index contributed by atoms with van der Waals surface area (Å²) in [4.78, 5) is 26.7. The minimum absolute atomic E-state index is 0.0273. The van der Waals surface area contributed by atoms with Crippen LogP contribution in [0.1, 0.15) is 5.56 Å². The summed E-state index contributed by atoms with van der Waals surface area (Å²) >= 11 is 6.07. The van der Waals surface area contributed by atoms with E-state index in [9.17, 15) is 14.0 Å². The first-order chi connectivity index (χ1) is 15.0. The Balaban J connectivity index is 1.49. The lowest BCUT2D eigenvalue weighted by Crippen LogP contribution is -2.42. The molecule has 2 heterocycles. The lowest BCUT2D eigenvalue weighted by molar-refractivity contribution is -0.135. The van der Waals surface area contributed by atoms with Gasteiger partial charge in [-0.15, -0.1) is 0 Å². The predicted octanol–water partition coefficient (Wildman–Crippen LogP) is 3.61. The van der Waals surface area contributed by atoms with Crippen molar-refractivity contribution in [3.05, 3.63) is 65.1 Å². The number of ether oxygens (including phenoxy) is 1. The van der Waals surface area contributed by atoms with E-state index in [-0.39, 0.29) is 24.8 Å². The molecular weight excluding hydrogens is 423 g/mol. The number of benzene rings is 2. The van der Waals surface area contributed by atoms with Gasteiger partial charge in [-0.25, -0.2) is 9.18 Å². The first-order valence-corrected chi connectivity index (χ1v) is 10.3. The maximum atomic E-state index is 13.9. The fourth-order valence-corrected chi connectivity index (χ4v) is 3.76. The van der Waals surface area contributed by atoms with E-state index in [0.717, 1.165) is 5.52 Å². The van der Waals surface area contributed by atoms with Crippen LogP contribution in [0.15, 0.2) is 48.7 Å². The quantitative estimate of drug-likeness (QED) is 0.631. The molecule has 2 aromatic carbocycles. The molecule has 0 aliphatic carbocycles. The molecule has 3 amide bonds. The Kier molecular flexibility index (Phi) is 6.39. The molecule has 1 aliphatic rings. The van der Waals surface area contributed by atoms with Crippen molar-refractivity contribution in [1.29, 1.82) is 0 Å². The average Bonchev–Trinajstić information content (AvgIpc) is 3.11. The van der Waals surface area contributed by atoms with E-state index in [1.54, 1.807) is 46.0 Å². The molecule has 2 N–H and O–H groups in total. The van der Waals surface area contributed by atoms with E-state index in [0.29, 0.717) is 48.0 Å². The largest absolute Gasteiger partial charge is 0.378 e. The molecule has 1 aliphatic heterocycles. The van der Waals surface area contributed by atoms with Crippen LogP contribution in [0.4, 0.5) is 14.9 Å². The van der Waals surface area contributed by atoms with Gasteiger partial charge in [-0.2, -0.15) is 0 Å². The molecule has 0 spiro atoms. The second-order valence-corrected chi connectivity index (χ2v) is 7.63. The summed E-state index contributed by atoms with van der Waals surface area (Å²) in [6, 6.07) is 10.9. The number of hydrogen-bond donors (Lipinski definition) is 2. The number of nitrogens with zero attached hydrogens (tertiary/aromatic N) is 2. The predicted molar refractivity (Wildman–Crippen MR) is 117 cm³/mol. The number of halogens is 2. The maximum absolute atomic E-state index is 13.9. The number of rotatable bonds is 5. The fraction of sp³-hybridized carbons (Fsp3) is 0.273. The number of carbonyl (C=O) groups is 2. The van der Waals surface area contributed by atoms with Gasteiger partial charge in [-0.05, 0) is 35.9 Å². The van der Waals surface area contributed by atoms with Gasteiger partial charge in [0.05, 0.1) is 23.9 Å². The smallest absolute Gasteiger partial charge is 0.319 e. The van der Waals surface area contributed by atoms with E-state index in [1.165, 1.54) is 12.1 Å². The van der Waals surface area contributed by atoms with Crippen molar-refractivity contribution in [2.24, 2.45) is 0 Å². The summed E-state index contributed by atoms with van der Waals surface area (Å²) in [5, 5.41) is 6.52. The molecule has 31 heavy (non-hydrogen) atoms. The highest BCUT2D eigenvalue weighted by Gasteiger charge is 2.19. The van der Waals surface area contributed by atoms with Crippen LogP contribution in [0.2, 0.25) is 5.02 Å². The molecule has 9 heteroatoms. The van der Waals surface area contributed by atoms with Crippen LogP contribution in [-0.4, -0.2) is 47.7 Å². The van der Waals surface area contributed by atoms with Gasteiger partial charge in [-0.1, -0.05) is 23.7 Å². The van der Waals surface area contributed by atoms with Crippen LogP contribution in [0.3, 0.4) is 0 Å². The Morgan fingerprint density at radius 2 is 1.90 bits per heavy atom. The van der Waals surface area contributed by atoms with Crippen LogP contribution in [0.25, 0.3) is 10.9 Å². The number of para-hydroxylation sites is 1. The van der Waals surface area contributed by atoms with Gasteiger partial charge in [0.1, 0.15) is 12.4 Å². The number of aromatic nitrogens is 1. The van der Waals surface area contributed by atoms with Crippen molar-refractivity contribution < 1.29 is 18.7 Å². The van der Waals surface area contributed by atoms with Crippen LogP contribution in [-0.2, 0) is 22.6 Å². The SMILES string of the molecule is O=C(NCc1cn(CC(=O)N2CCOCC2)c2ccc(F)cc12)Nc1ccccc1Cl. The van der Waals surface area contributed by atoms with Gasteiger partial charge in [-0.3, -0.25) is 4.79 Å². The van der Waals surface area contributed by atoms with Gasteiger partial charge >= 0.3 is 6.03 Å². The van der Waals surface area contributed by atoms with Gasteiger partial charge in [0.2, 0.25) is 5.91 Å². The van der Waals surface area contributed by atoms with E-state index in [4.69, 9.17) is 16.3 Å². The number of urea groups is 1. The Hall–Kier alpha value is -3.10. The second-order valence-electron chi connectivity index (χ2n) is 7.22. The molecule has 0 radical (unpaired) electrons. The molecule has 7 nitrogen and oxygen atoms in total. The highest BCUT2D eigenvalue weighted by molar-refractivity contribution is 6.33. The molecule has 1 saturated heterocycles. The molecular formula is C22H22ClFN4O3. The van der Waals surface area contributed by atoms with E-state index < -0.39 is 6.03 Å². The maximum Gasteiger partial charge on any atom is 0.319 e. The monoisotopic (exact) mass is 444 g/mol. The topological polar surface area (TPSA) is 75.6 Å². The third-order valence-corrected chi connectivity index (χ3v) is 5.49. The van der Waals surface area contributed by atoms with Crippen LogP contribution < -0.4 is 10.6 Å². The lowest BCUT2D eigenvalue weighted by Gasteiger charge is -2.27. The minimum atomic E-state index is -0.435. The zero-order chi connectivity index (χ0) is 21.8. The molecule has 0 bridgehead atoms. The summed E-state index contributed by atoms with van der Waals surface area (Å²) in [6.07, 6.45) is 1.78. The number of amides is 3. The Morgan fingerprint density at radius 3 is 2.68 bits per heavy atom. The van der Waals surface area contributed by atoms with Crippen molar-refractivity contribution in [3.63, 3.8) is 0 Å². The van der Waals surface area contributed by atoms with Crippen LogP contribution in [0, 0.1) is 5.82 Å². The highest BCUT2D eigenvalue weighted by Crippen LogP contribution is 2.24. The summed E-state index contributed by atoms with van der Waals surface area (Å²) in [7, 11) is 0. The number of hydrogen-bond acceptors (Lipinski definition) is 3. The molecule has 162 valence electrons. The number of anilines is 1. The summed E-state index contributed by atoms with van der Waals surface area (Å²) in [5.41, 5.74) is 1.93. The third-order valence-electron chi connectivity index (χ3n) is 5.16. The van der Waals surface area contributed by atoms with Gasteiger partial charge in [0.15, 0.2) is 0 Å². The van der Waals surface area contributed by atoms with Crippen molar-refractivity contribution in [2.75, 3.05) is 31.6 Å². The first-order valence-electron chi connectivity index (χ1n) is 9.93. The Bertz CT molecular complexity index is 1110. The number of nitrogens with one attached hydrogen (secondary N) is 2. The number of morpholine rings is 1. The van der Waals surface area contributed by atoms with Gasteiger partial charge in [0.25, 0.3) is 0 Å². The van der Waals surface area contributed by atoms with E-state index >= 15 is 0 Å². The number of carbonyl (C=O) groups excluding carboxylic acids is 2. The lowest BCUT2D eigenvalue weighted by atomic mass is 10.1. The molecule has 0 saturated carbocycles. The fourth-order valence-electron chi connectivity index (χ4n) is 3.58. The Labute approximate surface area is 183 Å². The molecule has 1 fully saturated rings. The molecule has 0 atom stereocenters. The first kappa shape index (κ1) is 21.1. The Morgan fingerprint density at radius 1 is 1.13 bits per heavy atom. The van der Waals surface area contributed by atoms with E-state index in [1.807, 2.05) is 0 Å². The highest BCUT2D eigenvalue weighted by atomic mass is 35.5. The standard InChI is InChI=1S/C22H22ClFN4O3/c23-18-3-1-2-4-19(18)26-22(30)25-12-15-13-28(20-6-5-16(24)11-17(15)20)14-21(29)27-7-9-31-10-8-27/h1-6,11,13H,7-10,12,14H2,(H2,25,26,30). The summed E-state index contributed by atoms with van der Waals surface area (Å²) in [5.74, 6) is -0.410. The molecule has 0 unspecified atom stereocenters. The second kappa shape index (κ2) is 9.36. The average molecular weight is 445 g/mol. The van der Waals surface area contributed by atoms with Crippen molar-refractivity contribution in [2.45, 2.75) is 13.1 Å². The molecule has 3 aromatic rings. The normalized spacial score (nSPS) is 13.9. The van der Waals surface area contributed by atoms with E-state index in [2.05, 4.69) is 10.6 Å². The zero-order valence-electron chi connectivity index (χ0n) is 16.7. The van der Waals surface area contributed by atoms with Crippen molar-refractivity contribution in [3.8, 4) is 0 Å². The minimum Gasteiger partial charge on any atom is -0.378 e. The molecule has 1 aromatic heterocycles. The zero-order valence-corrected chi connectivity index (χ0v) is 17.5. The number of fused-ring (bicyclic) bond motifs is 1. The van der Waals surface area contributed by atoms with Crippen molar-refractivity contribution >= 4 is 40.1 Å². The molecule has 4 rings (SSSR count). The van der Waals surface area contributed by atoms with Crippen LogP contribution in [0.5, 0.6) is 0 Å². The van der Waals surface area contributed by atoms with Crippen LogP contribution >= 0.6 is 11.6 Å². The van der Waals surface area contributed by atoms with Gasteiger partial charge in [0, 0.05) is 36.7 Å². The third kappa shape index (κ3) is 4.98.